The van der Waals surface area contributed by atoms with Crippen molar-refractivity contribution in [1.29, 1.82) is 0 Å². The summed E-state index contributed by atoms with van der Waals surface area (Å²) >= 11 is 0. The molecule has 6 heteroatoms. The van der Waals surface area contributed by atoms with E-state index in [1.165, 1.54) is 24.2 Å². The smallest absolute Gasteiger partial charge is 0.334 e. The first-order valence-corrected chi connectivity index (χ1v) is 7.37. The molecule has 0 aromatic rings. The van der Waals surface area contributed by atoms with Crippen LogP contribution >= 0.6 is 0 Å². The molecule has 1 aliphatic carbocycles. The first-order valence-electron chi connectivity index (χ1n) is 7.37. The summed E-state index contributed by atoms with van der Waals surface area (Å²) in [4.78, 5) is 24.5. The summed E-state index contributed by atoms with van der Waals surface area (Å²) in [6.45, 7) is 3.73. The molecule has 0 spiro atoms. The Morgan fingerprint density at radius 3 is 2.70 bits per heavy atom. The van der Waals surface area contributed by atoms with E-state index in [1.54, 1.807) is 0 Å². The van der Waals surface area contributed by atoms with Gasteiger partial charge in [-0.05, 0) is 18.3 Å². The van der Waals surface area contributed by atoms with Crippen LogP contribution in [0.3, 0.4) is 0 Å². The van der Waals surface area contributed by atoms with E-state index in [0.29, 0.717) is 13.1 Å². The van der Waals surface area contributed by atoms with Crippen LogP contribution in [-0.2, 0) is 9.53 Å². The molecule has 1 saturated carbocycles. The highest BCUT2D eigenvalue weighted by atomic mass is 16.5. The largest absolute Gasteiger partial charge is 0.479 e. The van der Waals surface area contributed by atoms with E-state index in [-0.39, 0.29) is 24.6 Å². The number of amides is 2. The Kier molecular flexibility index (Phi) is 4.86. The third-order valence-corrected chi connectivity index (χ3v) is 4.36. The monoisotopic (exact) mass is 284 g/mol. The minimum absolute atomic E-state index is 0.123. The number of rotatable bonds is 3. The number of carboxylic acids is 1. The SMILES string of the molecule is CC1(CNC(=O)N2CCOC(C(=O)O)C2)CCCCC1. The van der Waals surface area contributed by atoms with E-state index in [2.05, 4.69) is 12.2 Å². The van der Waals surface area contributed by atoms with Crippen molar-refractivity contribution in [2.45, 2.75) is 45.1 Å². The number of ether oxygens (including phenoxy) is 1. The van der Waals surface area contributed by atoms with Crippen molar-refractivity contribution >= 4 is 12.0 Å². The van der Waals surface area contributed by atoms with E-state index in [0.717, 1.165) is 12.8 Å². The number of aliphatic carboxylic acids is 1. The maximum atomic E-state index is 12.1. The van der Waals surface area contributed by atoms with E-state index in [9.17, 15) is 9.59 Å². The lowest BCUT2D eigenvalue weighted by molar-refractivity contribution is -0.154. The number of hydrogen-bond donors (Lipinski definition) is 2. The fourth-order valence-electron chi connectivity index (χ4n) is 2.97. The molecule has 1 saturated heterocycles. The quantitative estimate of drug-likeness (QED) is 0.822. The molecule has 1 aliphatic heterocycles. The second kappa shape index (κ2) is 6.43. The van der Waals surface area contributed by atoms with Gasteiger partial charge in [0.25, 0.3) is 0 Å². The van der Waals surface area contributed by atoms with Crippen molar-refractivity contribution in [3.8, 4) is 0 Å². The Labute approximate surface area is 119 Å². The summed E-state index contributed by atoms with van der Waals surface area (Å²) in [6.07, 6.45) is 5.13. The highest BCUT2D eigenvalue weighted by Crippen LogP contribution is 2.34. The summed E-state index contributed by atoms with van der Waals surface area (Å²) < 4.78 is 5.11. The predicted octanol–water partition coefficient (Wildman–Crippen LogP) is 1.45. The highest BCUT2D eigenvalue weighted by molar-refractivity contribution is 5.77. The van der Waals surface area contributed by atoms with Crippen LogP contribution in [0.5, 0.6) is 0 Å². The van der Waals surface area contributed by atoms with Gasteiger partial charge in [-0.25, -0.2) is 9.59 Å². The van der Waals surface area contributed by atoms with Gasteiger partial charge < -0.3 is 20.1 Å². The van der Waals surface area contributed by atoms with Gasteiger partial charge >= 0.3 is 12.0 Å². The molecule has 2 amide bonds. The molecule has 1 heterocycles. The molecule has 2 fully saturated rings. The Bertz CT molecular complexity index is 366. The van der Waals surface area contributed by atoms with Crippen molar-refractivity contribution in [1.82, 2.24) is 10.2 Å². The van der Waals surface area contributed by atoms with Crippen molar-refractivity contribution in [3.05, 3.63) is 0 Å². The second-order valence-corrected chi connectivity index (χ2v) is 6.17. The lowest BCUT2D eigenvalue weighted by Crippen LogP contribution is -2.53. The van der Waals surface area contributed by atoms with Gasteiger partial charge in [0.05, 0.1) is 13.2 Å². The summed E-state index contributed by atoms with van der Waals surface area (Å²) in [7, 11) is 0. The Morgan fingerprint density at radius 2 is 2.05 bits per heavy atom. The number of hydrogen-bond acceptors (Lipinski definition) is 3. The van der Waals surface area contributed by atoms with Crippen molar-refractivity contribution < 1.29 is 19.4 Å². The van der Waals surface area contributed by atoms with E-state index >= 15 is 0 Å². The van der Waals surface area contributed by atoms with Gasteiger partial charge in [0.15, 0.2) is 6.10 Å². The Morgan fingerprint density at radius 1 is 1.35 bits per heavy atom. The lowest BCUT2D eigenvalue weighted by atomic mass is 9.76. The van der Waals surface area contributed by atoms with Gasteiger partial charge in [0, 0.05) is 13.1 Å². The average Bonchev–Trinajstić information content (AvgIpc) is 2.46. The van der Waals surface area contributed by atoms with Crippen LogP contribution < -0.4 is 5.32 Å². The lowest BCUT2D eigenvalue weighted by Gasteiger charge is -2.36. The van der Waals surface area contributed by atoms with Crippen LogP contribution in [0.2, 0.25) is 0 Å². The van der Waals surface area contributed by atoms with Crippen molar-refractivity contribution in [3.63, 3.8) is 0 Å². The molecular formula is C14H24N2O4. The molecule has 20 heavy (non-hydrogen) atoms. The van der Waals surface area contributed by atoms with Gasteiger partial charge in [-0.2, -0.15) is 0 Å². The molecule has 2 rings (SSSR count). The molecule has 114 valence electrons. The molecule has 6 nitrogen and oxygen atoms in total. The Balaban J connectivity index is 1.80. The van der Waals surface area contributed by atoms with E-state index in [4.69, 9.17) is 9.84 Å². The number of carbonyl (C=O) groups excluding carboxylic acids is 1. The normalized spacial score (nSPS) is 26.1. The average molecular weight is 284 g/mol. The fraction of sp³-hybridized carbons (Fsp3) is 0.857. The van der Waals surface area contributed by atoms with Gasteiger partial charge in [-0.1, -0.05) is 26.2 Å². The van der Waals surface area contributed by atoms with Crippen LogP contribution in [0, 0.1) is 5.41 Å². The second-order valence-electron chi connectivity index (χ2n) is 6.17. The zero-order chi connectivity index (χ0) is 14.6. The number of carbonyl (C=O) groups is 2. The summed E-state index contributed by atoms with van der Waals surface area (Å²) in [5.41, 5.74) is 0.187. The number of carboxylic acid groups (broad SMARTS) is 1. The Hall–Kier alpha value is -1.30. The maximum absolute atomic E-state index is 12.1. The van der Waals surface area contributed by atoms with Gasteiger partial charge in [0.1, 0.15) is 0 Å². The maximum Gasteiger partial charge on any atom is 0.334 e. The summed E-state index contributed by atoms with van der Waals surface area (Å²) in [5, 5.41) is 11.9. The van der Waals surface area contributed by atoms with Crippen LogP contribution in [0.1, 0.15) is 39.0 Å². The number of nitrogens with one attached hydrogen (secondary N) is 1. The molecule has 2 aliphatic rings. The standard InChI is InChI=1S/C14H24N2O4/c1-14(5-3-2-4-6-14)10-15-13(19)16-7-8-20-11(9-16)12(17)18/h11H,2-10H2,1H3,(H,15,19)(H,17,18). The molecule has 1 atom stereocenters. The molecule has 0 bridgehead atoms. The van der Waals surface area contributed by atoms with Crippen LogP contribution in [0.15, 0.2) is 0 Å². The predicted molar refractivity (Wildman–Crippen MR) is 73.5 cm³/mol. The molecule has 0 aromatic heterocycles. The van der Waals surface area contributed by atoms with Crippen LogP contribution in [0.25, 0.3) is 0 Å². The van der Waals surface area contributed by atoms with E-state index < -0.39 is 12.1 Å². The molecule has 2 N–H and O–H groups in total. The first-order chi connectivity index (χ1) is 9.50. The van der Waals surface area contributed by atoms with E-state index in [1.807, 2.05) is 0 Å². The minimum Gasteiger partial charge on any atom is -0.479 e. The topological polar surface area (TPSA) is 78.9 Å². The van der Waals surface area contributed by atoms with Gasteiger partial charge in [-0.15, -0.1) is 0 Å². The zero-order valence-electron chi connectivity index (χ0n) is 12.1. The minimum atomic E-state index is -1.01. The molecule has 0 aromatic carbocycles. The fourth-order valence-corrected chi connectivity index (χ4v) is 2.97. The first kappa shape index (κ1) is 15.1. The van der Waals surface area contributed by atoms with Crippen LogP contribution in [0.4, 0.5) is 4.79 Å². The van der Waals surface area contributed by atoms with Crippen LogP contribution in [-0.4, -0.2) is 54.4 Å². The van der Waals surface area contributed by atoms with Gasteiger partial charge in [-0.3, -0.25) is 0 Å². The van der Waals surface area contributed by atoms with Crippen molar-refractivity contribution in [2.24, 2.45) is 5.41 Å². The molecular weight excluding hydrogens is 260 g/mol. The zero-order valence-corrected chi connectivity index (χ0v) is 12.1. The summed E-state index contributed by atoms with van der Waals surface area (Å²) in [6, 6.07) is -0.175. The van der Waals surface area contributed by atoms with Gasteiger partial charge in [0.2, 0.25) is 0 Å². The molecule has 1 unspecified atom stereocenters. The highest BCUT2D eigenvalue weighted by Gasteiger charge is 2.31. The number of morpholine rings is 1. The summed E-state index contributed by atoms with van der Waals surface area (Å²) in [5.74, 6) is -1.01. The third-order valence-electron chi connectivity index (χ3n) is 4.36. The van der Waals surface area contributed by atoms with Crippen molar-refractivity contribution in [2.75, 3.05) is 26.2 Å². The molecule has 0 radical (unpaired) electrons. The number of nitrogens with zero attached hydrogens (tertiary/aromatic N) is 1. The third kappa shape index (κ3) is 3.85. The number of urea groups is 1.